The molecule has 15 heavy (non-hydrogen) atoms. The Bertz CT molecular complexity index is 393. The van der Waals surface area contributed by atoms with Crippen LogP contribution < -0.4 is 5.01 Å². The molecule has 0 bridgehead atoms. The second-order valence-corrected chi connectivity index (χ2v) is 3.95. The van der Waals surface area contributed by atoms with Crippen LogP contribution in [0, 0.1) is 0 Å². The Morgan fingerprint density at radius 1 is 1.27 bits per heavy atom. The van der Waals surface area contributed by atoms with Gasteiger partial charge in [0.05, 0.1) is 12.1 Å². The van der Waals surface area contributed by atoms with Crippen LogP contribution in [0.3, 0.4) is 0 Å². The first-order valence-electron chi connectivity index (χ1n) is 5.14. The van der Waals surface area contributed by atoms with Crippen LogP contribution >= 0.6 is 0 Å². The molecule has 0 spiro atoms. The SMILES string of the molecule is CC(C)c1ccc(N2N=CCC2=O)cc1. The molecule has 0 saturated carbocycles. The van der Waals surface area contributed by atoms with Crippen molar-refractivity contribution in [2.75, 3.05) is 5.01 Å². The first kappa shape index (κ1) is 9.90. The van der Waals surface area contributed by atoms with Crippen LogP contribution in [0.5, 0.6) is 0 Å². The fourth-order valence-electron chi connectivity index (χ4n) is 1.56. The van der Waals surface area contributed by atoms with Crippen molar-refractivity contribution >= 4 is 17.8 Å². The van der Waals surface area contributed by atoms with E-state index in [9.17, 15) is 4.79 Å². The maximum Gasteiger partial charge on any atom is 0.252 e. The topological polar surface area (TPSA) is 32.7 Å². The maximum absolute atomic E-state index is 11.4. The number of anilines is 1. The molecule has 1 aromatic rings. The van der Waals surface area contributed by atoms with Gasteiger partial charge in [-0.15, -0.1) is 0 Å². The average Bonchev–Trinajstić information content (AvgIpc) is 2.65. The second kappa shape index (κ2) is 3.85. The van der Waals surface area contributed by atoms with E-state index in [0.717, 1.165) is 5.69 Å². The van der Waals surface area contributed by atoms with E-state index in [2.05, 4.69) is 18.9 Å². The second-order valence-electron chi connectivity index (χ2n) is 3.95. The summed E-state index contributed by atoms with van der Waals surface area (Å²) < 4.78 is 0. The van der Waals surface area contributed by atoms with E-state index in [0.29, 0.717) is 12.3 Å². The van der Waals surface area contributed by atoms with Gasteiger partial charge in [-0.25, -0.2) is 5.01 Å². The third-order valence-corrected chi connectivity index (χ3v) is 2.50. The molecule has 0 unspecified atom stereocenters. The molecule has 78 valence electrons. The summed E-state index contributed by atoms with van der Waals surface area (Å²) in [7, 11) is 0. The van der Waals surface area contributed by atoms with Crippen LogP contribution in [-0.2, 0) is 4.79 Å². The van der Waals surface area contributed by atoms with Crippen LogP contribution in [-0.4, -0.2) is 12.1 Å². The third-order valence-electron chi connectivity index (χ3n) is 2.50. The zero-order valence-electron chi connectivity index (χ0n) is 8.97. The van der Waals surface area contributed by atoms with Crippen LogP contribution in [0.2, 0.25) is 0 Å². The van der Waals surface area contributed by atoms with Gasteiger partial charge in [-0.2, -0.15) is 5.10 Å². The maximum atomic E-state index is 11.4. The molecular weight excluding hydrogens is 188 g/mol. The molecule has 1 aliphatic rings. The molecule has 0 fully saturated rings. The third kappa shape index (κ3) is 1.91. The zero-order valence-corrected chi connectivity index (χ0v) is 8.97. The highest BCUT2D eigenvalue weighted by atomic mass is 16.2. The summed E-state index contributed by atoms with van der Waals surface area (Å²) in [5.74, 6) is 0.545. The number of hydrogen-bond donors (Lipinski definition) is 0. The summed E-state index contributed by atoms with van der Waals surface area (Å²) in [6.45, 7) is 4.29. The van der Waals surface area contributed by atoms with Crippen molar-refractivity contribution < 1.29 is 4.79 Å². The number of benzene rings is 1. The van der Waals surface area contributed by atoms with E-state index in [-0.39, 0.29) is 5.91 Å². The number of carbonyl (C=O) groups excluding carboxylic acids is 1. The fraction of sp³-hybridized carbons (Fsp3) is 0.333. The van der Waals surface area contributed by atoms with Crippen LogP contribution in [0.4, 0.5) is 5.69 Å². The van der Waals surface area contributed by atoms with E-state index in [1.54, 1.807) is 6.21 Å². The van der Waals surface area contributed by atoms with E-state index in [1.807, 2.05) is 24.3 Å². The van der Waals surface area contributed by atoms with Gasteiger partial charge in [0.2, 0.25) is 0 Å². The molecule has 1 heterocycles. The molecule has 3 heteroatoms. The standard InChI is InChI=1S/C12H14N2O/c1-9(2)10-3-5-11(6-4-10)14-12(15)7-8-13-14/h3-6,8-9H,7H2,1-2H3. The van der Waals surface area contributed by atoms with Crippen LogP contribution in [0.25, 0.3) is 0 Å². The van der Waals surface area contributed by atoms with Crippen molar-refractivity contribution in [2.45, 2.75) is 26.2 Å². The first-order valence-corrected chi connectivity index (χ1v) is 5.14. The van der Waals surface area contributed by atoms with Crippen molar-refractivity contribution in [2.24, 2.45) is 5.10 Å². The monoisotopic (exact) mass is 202 g/mol. The van der Waals surface area contributed by atoms with Gasteiger partial charge in [-0.1, -0.05) is 26.0 Å². The summed E-state index contributed by atoms with van der Waals surface area (Å²) >= 11 is 0. The molecule has 0 radical (unpaired) electrons. The molecule has 0 aromatic heterocycles. The Labute approximate surface area is 89.4 Å². The van der Waals surface area contributed by atoms with Crippen LogP contribution in [0.1, 0.15) is 31.7 Å². The Kier molecular flexibility index (Phi) is 2.54. The Morgan fingerprint density at radius 3 is 2.40 bits per heavy atom. The highest BCUT2D eigenvalue weighted by Crippen LogP contribution is 2.22. The summed E-state index contributed by atoms with van der Waals surface area (Å²) in [6, 6.07) is 7.97. The van der Waals surface area contributed by atoms with E-state index in [1.165, 1.54) is 10.6 Å². The average molecular weight is 202 g/mol. The molecule has 2 rings (SSSR count). The lowest BCUT2D eigenvalue weighted by molar-refractivity contribution is -0.116. The predicted molar refractivity (Wildman–Crippen MR) is 61.1 cm³/mol. The Balaban J connectivity index is 2.23. The smallest absolute Gasteiger partial charge is 0.252 e. The fourth-order valence-corrected chi connectivity index (χ4v) is 1.56. The van der Waals surface area contributed by atoms with Crippen molar-refractivity contribution in [3.8, 4) is 0 Å². The number of amides is 1. The molecule has 1 aromatic carbocycles. The number of nitrogens with zero attached hydrogens (tertiary/aromatic N) is 2. The lowest BCUT2D eigenvalue weighted by Crippen LogP contribution is -2.19. The summed E-state index contributed by atoms with van der Waals surface area (Å²) in [4.78, 5) is 11.4. The van der Waals surface area contributed by atoms with Gasteiger partial charge < -0.3 is 0 Å². The lowest BCUT2D eigenvalue weighted by Gasteiger charge is -2.13. The number of hydrazone groups is 1. The molecule has 1 aliphatic heterocycles. The summed E-state index contributed by atoms with van der Waals surface area (Å²) in [5.41, 5.74) is 2.12. The van der Waals surface area contributed by atoms with Gasteiger partial charge in [0.25, 0.3) is 5.91 Å². The van der Waals surface area contributed by atoms with Gasteiger partial charge in [0.1, 0.15) is 0 Å². The molecule has 0 aliphatic carbocycles. The van der Waals surface area contributed by atoms with Gasteiger partial charge in [0.15, 0.2) is 0 Å². The highest BCUT2D eigenvalue weighted by molar-refractivity contribution is 6.05. The van der Waals surface area contributed by atoms with Gasteiger partial charge >= 0.3 is 0 Å². The van der Waals surface area contributed by atoms with Crippen molar-refractivity contribution in [3.05, 3.63) is 29.8 Å². The zero-order chi connectivity index (χ0) is 10.8. The molecular formula is C12H14N2O. The van der Waals surface area contributed by atoms with Gasteiger partial charge in [-0.3, -0.25) is 4.79 Å². The van der Waals surface area contributed by atoms with E-state index in [4.69, 9.17) is 0 Å². The first-order chi connectivity index (χ1) is 7.18. The van der Waals surface area contributed by atoms with Gasteiger partial charge in [-0.05, 0) is 23.6 Å². The van der Waals surface area contributed by atoms with E-state index >= 15 is 0 Å². The number of hydrogen-bond acceptors (Lipinski definition) is 2. The molecule has 3 nitrogen and oxygen atoms in total. The minimum Gasteiger partial charge on any atom is -0.272 e. The lowest BCUT2D eigenvalue weighted by atomic mass is 10.0. The summed E-state index contributed by atoms with van der Waals surface area (Å²) in [5, 5.41) is 5.47. The highest BCUT2D eigenvalue weighted by Gasteiger charge is 2.18. The predicted octanol–water partition coefficient (Wildman–Crippen LogP) is 2.53. The Hall–Kier alpha value is -1.64. The molecule has 0 atom stereocenters. The minimum atomic E-state index is 0.0345. The van der Waals surface area contributed by atoms with Crippen molar-refractivity contribution in [1.29, 1.82) is 0 Å². The Morgan fingerprint density at radius 2 is 1.93 bits per heavy atom. The molecule has 1 amide bonds. The quantitative estimate of drug-likeness (QED) is 0.725. The van der Waals surface area contributed by atoms with Crippen molar-refractivity contribution in [1.82, 2.24) is 0 Å². The van der Waals surface area contributed by atoms with Crippen molar-refractivity contribution in [3.63, 3.8) is 0 Å². The van der Waals surface area contributed by atoms with E-state index < -0.39 is 0 Å². The minimum absolute atomic E-state index is 0.0345. The van der Waals surface area contributed by atoms with Gasteiger partial charge in [0, 0.05) is 6.21 Å². The normalized spacial score (nSPS) is 15.4. The largest absolute Gasteiger partial charge is 0.272 e. The molecule has 0 N–H and O–H groups in total. The number of rotatable bonds is 2. The van der Waals surface area contributed by atoms with Crippen LogP contribution in [0.15, 0.2) is 29.4 Å². The summed E-state index contributed by atoms with van der Waals surface area (Å²) in [6.07, 6.45) is 2.05. The molecule has 0 saturated heterocycles. The number of carbonyl (C=O) groups is 1.